The van der Waals surface area contributed by atoms with E-state index in [0.717, 1.165) is 0 Å². The Kier molecular flexibility index (Phi) is 3.01. The summed E-state index contributed by atoms with van der Waals surface area (Å²) < 4.78 is 0. The lowest BCUT2D eigenvalue weighted by molar-refractivity contribution is 0.343. The lowest BCUT2D eigenvalue weighted by atomic mass is 10.2. The van der Waals surface area contributed by atoms with E-state index in [1.54, 1.807) is 18.2 Å². The van der Waals surface area contributed by atoms with Crippen LogP contribution in [0.3, 0.4) is 0 Å². The van der Waals surface area contributed by atoms with E-state index in [2.05, 4.69) is 10.2 Å². The smallest absolute Gasteiger partial charge is 0.153 e. The predicted octanol–water partition coefficient (Wildman–Crippen LogP) is 0.718. The quantitative estimate of drug-likeness (QED) is 0.712. The van der Waals surface area contributed by atoms with Gasteiger partial charge in [0.15, 0.2) is 11.0 Å². The van der Waals surface area contributed by atoms with Crippen molar-refractivity contribution in [3.63, 3.8) is 0 Å². The summed E-state index contributed by atoms with van der Waals surface area (Å²) in [6.45, 7) is -0.0423. The van der Waals surface area contributed by atoms with E-state index >= 15 is 0 Å². The van der Waals surface area contributed by atoms with Crippen molar-refractivity contribution in [1.82, 2.24) is 10.2 Å². The zero-order valence-electron chi connectivity index (χ0n) is 6.24. The third-order valence-corrected chi connectivity index (χ3v) is 1.41. The number of anilines is 1. The second kappa shape index (κ2) is 4.04. The molecular weight excluding hydrogens is 178 g/mol. The number of hydrogen-bond acceptors (Lipinski definition) is 4. The molecule has 5 heteroatoms. The van der Waals surface area contributed by atoms with Crippen LogP contribution in [0.1, 0.15) is 5.56 Å². The largest absolute Gasteiger partial charge is 0.392 e. The second-order valence-corrected chi connectivity index (χ2v) is 2.48. The monoisotopic (exact) mass is 185 g/mol. The molecule has 0 bridgehead atoms. The van der Waals surface area contributed by atoms with Crippen molar-refractivity contribution >= 4 is 23.5 Å². The van der Waals surface area contributed by atoms with Crippen molar-refractivity contribution in [2.24, 2.45) is 0 Å². The Morgan fingerprint density at radius 1 is 1.58 bits per heavy atom. The molecule has 0 saturated carbocycles. The van der Waals surface area contributed by atoms with E-state index in [0.29, 0.717) is 11.4 Å². The number of nitrogens with zero attached hydrogens (tertiary/aromatic N) is 2. The third-order valence-electron chi connectivity index (χ3n) is 1.23. The number of hydrogen-bond donors (Lipinski definition) is 2. The standard InChI is InChI=1S/C7H8ClN3O/c8-6-4-5(2-1-3-12)7(9)11-10-6/h1-2,4,12H,3H2,(H2,9,11). The fraction of sp³-hybridized carbons (Fsp3) is 0.143. The molecule has 0 fully saturated rings. The summed E-state index contributed by atoms with van der Waals surface area (Å²) in [6, 6.07) is 1.58. The van der Waals surface area contributed by atoms with Gasteiger partial charge in [0.2, 0.25) is 0 Å². The molecule has 4 nitrogen and oxygen atoms in total. The minimum absolute atomic E-state index is 0.0423. The number of nitrogen functional groups attached to an aromatic ring is 1. The first-order valence-corrected chi connectivity index (χ1v) is 3.68. The van der Waals surface area contributed by atoms with Crippen LogP contribution in [0.5, 0.6) is 0 Å². The molecule has 0 amide bonds. The fourth-order valence-corrected chi connectivity index (χ4v) is 0.859. The molecule has 0 saturated heterocycles. The SMILES string of the molecule is Nc1nnc(Cl)cc1C=CCO. The fourth-order valence-electron chi connectivity index (χ4n) is 0.704. The van der Waals surface area contributed by atoms with Crippen molar-refractivity contribution in [1.29, 1.82) is 0 Å². The van der Waals surface area contributed by atoms with Crippen LogP contribution in [-0.4, -0.2) is 21.9 Å². The van der Waals surface area contributed by atoms with E-state index in [1.165, 1.54) is 0 Å². The predicted molar refractivity (Wildman–Crippen MR) is 47.6 cm³/mol. The van der Waals surface area contributed by atoms with Crippen LogP contribution in [0.15, 0.2) is 12.1 Å². The van der Waals surface area contributed by atoms with Crippen LogP contribution in [0.2, 0.25) is 5.15 Å². The number of halogens is 1. The van der Waals surface area contributed by atoms with Crippen molar-refractivity contribution in [2.75, 3.05) is 12.3 Å². The van der Waals surface area contributed by atoms with Gasteiger partial charge in [-0.2, -0.15) is 0 Å². The topological polar surface area (TPSA) is 72.0 Å². The van der Waals surface area contributed by atoms with Gasteiger partial charge in [0.25, 0.3) is 0 Å². The Morgan fingerprint density at radius 2 is 2.33 bits per heavy atom. The van der Waals surface area contributed by atoms with Crippen molar-refractivity contribution in [2.45, 2.75) is 0 Å². The first kappa shape index (κ1) is 8.96. The number of rotatable bonds is 2. The molecule has 0 aliphatic carbocycles. The lowest BCUT2D eigenvalue weighted by Crippen LogP contribution is -1.96. The Morgan fingerprint density at radius 3 is 3.00 bits per heavy atom. The van der Waals surface area contributed by atoms with Crippen LogP contribution >= 0.6 is 11.6 Å². The molecule has 1 rings (SSSR count). The minimum atomic E-state index is -0.0423. The Balaban J connectivity index is 2.97. The molecule has 0 aromatic carbocycles. The van der Waals surface area contributed by atoms with Gasteiger partial charge >= 0.3 is 0 Å². The average molecular weight is 186 g/mol. The van der Waals surface area contributed by atoms with Gasteiger partial charge < -0.3 is 10.8 Å². The van der Waals surface area contributed by atoms with Gasteiger partial charge in [-0.05, 0) is 6.07 Å². The maximum absolute atomic E-state index is 8.49. The molecule has 0 aliphatic rings. The maximum atomic E-state index is 8.49. The lowest BCUT2D eigenvalue weighted by Gasteiger charge is -1.96. The average Bonchev–Trinajstić information content (AvgIpc) is 2.07. The molecule has 64 valence electrons. The molecule has 0 spiro atoms. The van der Waals surface area contributed by atoms with E-state index in [4.69, 9.17) is 22.4 Å². The van der Waals surface area contributed by atoms with Gasteiger partial charge in [0.1, 0.15) is 0 Å². The van der Waals surface area contributed by atoms with Crippen LogP contribution in [0, 0.1) is 0 Å². The number of nitrogens with two attached hydrogens (primary N) is 1. The molecule has 0 atom stereocenters. The van der Waals surface area contributed by atoms with E-state index in [1.807, 2.05) is 0 Å². The zero-order chi connectivity index (χ0) is 8.97. The maximum Gasteiger partial charge on any atom is 0.153 e. The first-order chi connectivity index (χ1) is 5.74. The summed E-state index contributed by atoms with van der Waals surface area (Å²) in [7, 11) is 0. The summed E-state index contributed by atoms with van der Waals surface area (Å²) in [4.78, 5) is 0. The molecule has 3 N–H and O–H groups in total. The minimum Gasteiger partial charge on any atom is -0.392 e. The Labute approximate surface area is 74.7 Å². The highest BCUT2D eigenvalue weighted by molar-refractivity contribution is 6.29. The summed E-state index contributed by atoms with van der Waals surface area (Å²) in [6.07, 6.45) is 3.18. The van der Waals surface area contributed by atoms with Crippen molar-refractivity contribution in [3.05, 3.63) is 22.9 Å². The van der Waals surface area contributed by atoms with Gasteiger partial charge in [-0.1, -0.05) is 23.8 Å². The van der Waals surface area contributed by atoms with Crippen molar-refractivity contribution in [3.8, 4) is 0 Å². The molecular formula is C7H8ClN3O. The van der Waals surface area contributed by atoms with Crippen LogP contribution < -0.4 is 5.73 Å². The third kappa shape index (κ3) is 2.18. The Hall–Kier alpha value is -1.13. The number of aliphatic hydroxyl groups excluding tert-OH is 1. The summed E-state index contributed by atoms with van der Waals surface area (Å²) >= 11 is 5.57. The summed E-state index contributed by atoms with van der Waals surface area (Å²) in [5.74, 6) is 0.295. The molecule has 12 heavy (non-hydrogen) atoms. The van der Waals surface area contributed by atoms with Gasteiger partial charge in [-0.25, -0.2) is 0 Å². The summed E-state index contributed by atoms with van der Waals surface area (Å²) in [5, 5.41) is 15.9. The molecule has 1 aromatic rings. The van der Waals surface area contributed by atoms with E-state index in [-0.39, 0.29) is 11.8 Å². The zero-order valence-corrected chi connectivity index (χ0v) is 6.99. The molecule has 0 unspecified atom stereocenters. The number of aliphatic hydroxyl groups is 1. The normalized spacial score (nSPS) is 10.8. The Bertz CT molecular complexity index is 301. The van der Waals surface area contributed by atoms with Crippen LogP contribution in [0.4, 0.5) is 5.82 Å². The van der Waals surface area contributed by atoms with E-state index in [9.17, 15) is 0 Å². The van der Waals surface area contributed by atoms with Gasteiger partial charge in [0.05, 0.1) is 6.61 Å². The van der Waals surface area contributed by atoms with Crippen LogP contribution in [0.25, 0.3) is 6.08 Å². The number of aromatic nitrogens is 2. The molecule has 0 aliphatic heterocycles. The van der Waals surface area contributed by atoms with Crippen LogP contribution in [-0.2, 0) is 0 Å². The van der Waals surface area contributed by atoms with E-state index < -0.39 is 0 Å². The first-order valence-electron chi connectivity index (χ1n) is 3.30. The molecule has 1 aromatic heterocycles. The highest BCUT2D eigenvalue weighted by atomic mass is 35.5. The van der Waals surface area contributed by atoms with Gasteiger partial charge in [0, 0.05) is 5.56 Å². The molecule has 0 radical (unpaired) electrons. The highest BCUT2D eigenvalue weighted by Gasteiger charge is 1.97. The van der Waals surface area contributed by atoms with Crippen molar-refractivity contribution < 1.29 is 5.11 Å². The highest BCUT2D eigenvalue weighted by Crippen LogP contribution is 2.13. The van der Waals surface area contributed by atoms with Gasteiger partial charge in [-0.15, -0.1) is 10.2 Å². The van der Waals surface area contributed by atoms with Gasteiger partial charge in [-0.3, -0.25) is 0 Å². The molecule has 1 heterocycles. The second-order valence-electron chi connectivity index (χ2n) is 2.09. The summed E-state index contributed by atoms with van der Waals surface area (Å²) in [5.41, 5.74) is 6.12.